The van der Waals surface area contributed by atoms with E-state index in [1.54, 1.807) is 18.2 Å². The Labute approximate surface area is 135 Å². The Balaban J connectivity index is 0.00000242. The standard InChI is InChI=1S/C15H19N3O3.ClH/c1-9-3-4-11-12(7-9)15(21)18(14(11)20)8-13(19)17-6-5-10(2)16;/h3-4,7,10H,5-6,8,16H2,1-2H3,(H,17,19);1H. The fourth-order valence-corrected chi connectivity index (χ4v) is 2.19. The molecule has 0 radical (unpaired) electrons. The lowest BCUT2D eigenvalue weighted by Crippen LogP contribution is -2.41. The highest BCUT2D eigenvalue weighted by Gasteiger charge is 2.36. The molecule has 1 aliphatic heterocycles. The summed E-state index contributed by atoms with van der Waals surface area (Å²) in [6.45, 7) is 3.86. The predicted octanol–water partition coefficient (Wildman–Crippen LogP) is 0.866. The van der Waals surface area contributed by atoms with Crippen LogP contribution in [0.3, 0.4) is 0 Å². The Bertz CT molecular complexity index is 602. The van der Waals surface area contributed by atoms with Gasteiger partial charge in [0.25, 0.3) is 11.8 Å². The van der Waals surface area contributed by atoms with E-state index in [0.717, 1.165) is 10.5 Å². The summed E-state index contributed by atoms with van der Waals surface area (Å²) in [5.74, 6) is -1.19. The van der Waals surface area contributed by atoms with Crippen LogP contribution < -0.4 is 11.1 Å². The van der Waals surface area contributed by atoms with E-state index >= 15 is 0 Å². The van der Waals surface area contributed by atoms with Crippen LogP contribution in [0.5, 0.6) is 0 Å². The summed E-state index contributed by atoms with van der Waals surface area (Å²) in [6, 6.07) is 5.06. The van der Waals surface area contributed by atoms with Crippen molar-refractivity contribution < 1.29 is 14.4 Å². The number of amides is 3. The normalized spacial score (nSPS) is 14.4. The maximum atomic E-state index is 12.2. The predicted molar refractivity (Wildman–Crippen MR) is 85.1 cm³/mol. The molecule has 1 atom stereocenters. The fourth-order valence-electron chi connectivity index (χ4n) is 2.19. The zero-order chi connectivity index (χ0) is 15.6. The summed E-state index contributed by atoms with van der Waals surface area (Å²) >= 11 is 0. The molecule has 0 saturated heterocycles. The van der Waals surface area contributed by atoms with Crippen molar-refractivity contribution in [3.63, 3.8) is 0 Å². The number of hydrogen-bond donors (Lipinski definition) is 2. The van der Waals surface area contributed by atoms with E-state index in [4.69, 9.17) is 5.73 Å². The lowest BCUT2D eigenvalue weighted by atomic mass is 10.1. The van der Waals surface area contributed by atoms with Crippen LogP contribution in [0.25, 0.3) is 0 Å². The summed E-state index contributed by atoms with van der Waals surface area (Å²) in [4.78, 5) is 37.1. The van der Waals surface area contributed by atoms with E-state index in [9.17, 15) is 14.4 Å². The molecule has 22 heavy (non-hydrogen) atoms. The number of aryl methyl sites for hydroxylation is 1. The molecule has 0 aliphatic carbocycles. The van der Waals surface area contributed by atoms with Crippen molar-refractivity contribution in [2.45, 2.75) is 26.3 Å². The average molecular weight is 326 g/mol. The number of imide groups is 1. The van der Waals surface area contributed by atoms with E-state index in [2.05, 4.69) is 5.32 Å². The van der Waals surface area contributed by atoms with Gasteiger partial charge < -0.3 is 11.1 Å². The van der Waals surface area contributed by atoms with Gasteiger partial charge in [-0.15, -0.1) is 12.4 Å². The van der Waals surface area contributed by atoms with Gasteiger partial charge >= 0.3 is 0 Å². The van der Waals surface area contributed by atoms with Crippen LogP contribution >= 0.6 is 12.4 Å². The second-order valence-corrected chi connectivity index (χ2v) is 5.36. The lowest BCUT2D eigenvalue weighted by Gasteiger charge is -2.14. The SMILES string of the molecule is Cc1ccc2c(c1)C(=O)N(CC(=O)NCCC(C)N)C2=O.Cl. The number of nitrogens with one attached hydrogen (secondary N) is 1. The number of halogens is 1. The highest BCUT2D eigenvalue weighted by Crippen LogP contribution is 2.23. The first-order chi connectivity index (χ1) is 9.90. The van der Waals surface area contributed by atoms with Crippen LogP contribution in [-0.2, 0) is 4.79 Å². The van der Waals surface area contributed by atoms with Crippen LogP contribution in [-0.4, -0.2) is 41.8 Å². The van der Waals surface area contributed by atoms with Gasteiger partial charge in [0.05, 0.1) is 11.1 Å². The Kier molecular flexibility index (Phi) is 6.08. The average Bonchev–Trinajstić information content (AvgIpc) is 2.63. The monoisotopic (exact) mass is 325 g/mol. The number of carbonyl (C=O) groups is 3. The number of hydrogen-bond acceptors (Lipinski definition) is 4. The number of rotatable bonds is 5. The van der Waals surface area contributed by atoms with Crippen molar-refractivity contribution >= 4 is 30.1 Å². The van der Waals surface area contributed by atoms with Crippen LogP contribution in [0.15, 0.2) is 18.2 Å². The summed E-state index contributed by atoms with van der Waals surface area (Å²) < 4.78 is 0. The Morgan fingerprint density at radius 2 is 1.91 bits per heavy atom. The smallest absolute Gasteiger partial charge is 0.262 e. The van der Waals surface area contributed by atoms with Gasteiger partial charge in [-0.25, -0.2) is 0 Å². The van der Waals surface area contributed by atoms with Gasteiger partial charge in [0, 0.05) is 12.6 Å². The number of carbonyl (C=O) groups excluding carboxylic acids is 3. The van der Waals surface area contributed by atoms with Crippen molar-refractivity contribution in [3.8, 4) is 0 Å². The third kappa shape index (κ3) is 3.84. The second kappa shape index (κ2) is 7.38. The Morgan fingerprint density at radius 3 is 2.55 bits per heavy atom. The first-order valence-corrected chi connectivity index (χ1v) is 6.89. The summed E-state index contributed by atoms with van der Waals surface area (Å²) in [5.41, 5.74) is 7.21. The maximum Gasteiger partial charge on any atom is 0.262 e. The molecule has 3 amide bonds. The molecule has 0 aromatic heterocycles. The molecular weight excluding hydrogens is 306 g/mol. The molecule has 0 bridgehead atoms. The maximum absolute atomic E-state index is 12.2. The van der Waals surface area contributed by atoms with E-state index < -0.39 is 11.8 Å². The second-order valence-electron chi connectivity index (χ2n) is 5.36. The van der Waals surface area contributed by atoms with E-state index in [1.807, 2.05) is 13.8 Å². The molecule has 7 heteroatoms. The molecule has 1 aromatic carbocycles. The van der Waals surface area contributed by atoms with Gasteiger partial charge in [0.15, 0.2) is 0 Å². The largest absolute Gasteiger partial charge is 0.354 e. The highest BCUT2D eigenvalue weighted by molar-refractivity contribution is 6.22. The zero-order valence-electron chi connectivity index (χ0n) is 12.6. The van der Waals surface area contributed by atoms with Crippen molar-refractivity contribution in [3.05, 3.63) is 34.9 Å². The quantitative estimate of drug-likeness (QED) is 0.786. The minimum atomic E-state index is -0.419. The molecule has 1 unspecified atom stereocenters. The third-order valence-electron chi connectivity index (χ3n) is 3.35. The molecular formula is C15H20ClN3O3. The van der Waals surface area contributed by atoms with Gasteiger partial charge in [0.2, 0.25) is 5.91 Å². The minimum Gasteiger partial charge on any atom is -0.354 e. The zero-order valence-corrected chi connectivity index (χ0v) is 13.4. The van der Waals surface area contributed by atoms with E-state index in [0.29, 0.717) is 24.1 Å². The van der Waals surface area contributed by atoms with E-state index in [1.165, 1.54) is 0 Å². The molecule has 120 valence electrons. The first kappa shape index (κ1) is 18.1. The lowest BCUT2D eigenvalue weighted by molar-refractivity contribution is -0.121. The number of nitrogens with zero attached hydrogens (tertiary/aromatic N) is 1. The summed E-state index contributed by atoms with van der Waals surface area (Å²) in [7, 11) is 0. The van der Waals surface area contributed by atoms with E-state index in [-0.39, 0.29) is 30.9 Å². The van der Waals surface area contributed by atoms with Gasteiger partial charge in [-0.3, -0.25) is 19.3 Å². The summed E-state index contributed by atoms with van der Waals surface area (Å²) in [5, 5.41) is 2.66. The van der Waals surface area contributed by atoms with Crippen molar-refractivity contribution in [2.75, 3.05) is 13.1 Å². The van der Waals surface area contributed by atoms with Crippen LogP contribution in [0.2, 0.25) is 0 Å². The van der Waals surface area contributed by atoms with Crippen LogP contribution in [0.4, 0.5) is 0 Å². The number of fused-ring (bicyclic) bond motifs is 1. The minimum absolute atomic E-state index is 0. The van der Waals surface area contributed by atoms with Gasteiger partial charge in [-0.05, 0) is 32.4 Å². The molecule has 1 aliphatic rings. The molecule has 1 heterocycles. The van der Waals surface area contributed by atoms with Crippen molar-refractivity contribution in [1.82, 2.24) is 10.2 Å². The molecule has 0 fully saturated rings. The first-order valence-electron chi connectivity index (χ1n) is 6.89. The van der Waals surface area contributed by atoms with Crippen LogP contribution in [0.1, 0.15) is 39.6 Å². The van der Waals surface area contributed by atoms with Crippen LogP contribution in [0, 0.1) is 6.92 Å². The molecule has 6 nitrogen and oxygen atoms in total. The Hall–Kier alpha value is -1.92. The fraction of sp³-hybridized carbons (Fsp3) is 0.400. The topological polar surface area (TPSA) is 92.5 Å². The Morgan fingerprint density at radius 1 is 1.27 bits per heavy atom. The third-order valence-corrected chi connectivity index (χ3v) is 3.35. The van der Waals surface area contributed by atoms with Gasteiger partial charge in [0.1, 0.15) is 6.54 Å². The van der Waals surface area contributed by atoms with Gasteiger partial charge in [-0.2, -0.15) is 0 Å². The van der Waals surface area contributed by atoms with Gasteiger partial charge in [-0.1, -0.05) is 11.6 Å². The molecule has 2 rings (SSSR count). The molecule has 3 N–H and O–H groups in total. The van der Waals surface area contributed by atoms with Crippen molar-refractivity contribution in [1.29, 1.82) is 0 Å². The number of nitrogens with two attached hydrogens (primary N) is 1. The summed E-state index contributed by atoms with van der Waals surface area (Å²) in [6.07, 6.45) is 0.646. The number of benzene rings is 1. The molecule has 0 saturated carbocycles. The highest BCUT2D eigenvalue weighted by atomic mass is 35.5. The van der Waals surface area contributed by atoms with Crippen molar-refractivity contribution in [2.24, 2.45) is 5.73 Å². The molecule has 0 spiro atoms. The molecule has 1 aromatic rings.